The molecule has 0 aromatic heterocycles. The molecule has 6 nitrogen and oxygen atoms in total. The SMILES string of the molecule is CC(C)(C)OC([O-])=NC(Cc1ccc(COS(C)(=O)=O)cc1)c1ccccc1. The van der Waals surface area contributed by atoms with Crippen LogP contribution < -0.4 is 5.11 Å². The zero-order valence-corrected chi connectivity index (χ0v) is 17.4. The van der Waals surface area contributed by atoms with E-state index in [0.717, 1.165) is 22.9 Å². The van der Waals surface area contributed by atoms with Crippen LogP contribution in [0.2, 0.25) is 0 Å². The Balaban J connectivity index is 2.17. The van der Waals surface area contributed by atoms with Gasteiger partial charge in [0.2, 0.25) is 0 Å². The summed E-state index contributed by atoms with van der Waals surface area (Å²) in [5.74, 6) is 0. The van der Waals surface area contributed by atoms with Crippen LogP contribution in [0.5, 0.6) is 0 Å². The van der Waals surface area contributed by atoms with Crippen LogP contribution in [0.1, 0.15) is 43.5 Å². The van der Waals surface area contributed by atoms with E-state index < -0.39 is 21.8 Å². The third kappa shape index (κ3) is 8.10. The molecule has 152 valence electrons. The van der Waals surface area contributed by atoms with E-state index in [2.05, 4.69) is 4.99 Å². The van der Waals surface area contributed by atoms with Crippen molar-refractivity contribution in [1.29, 1.82) is 0 Å². The highest BCUT2D eigenvalue weighted by atomic mass is 32.2. The van der Waals surface area contributed by atoms with Gasteiger partial charge in [0.25, 0.3) is 10.1 Å². The lowest BCUT2D eigenvalue weighted by molar-refractivity contribution is -0.261. The first kappa shape index (κ1) is 21.9. The molecule has 0 N–H and O–H groups in total. The second-order valence-corrected chi connectivity index (χ2v) is 9.17. The number of aliphatic imine (C=N–C) groups is 1. The molecular formula is C21H26NO5S-. The second kappa shape index (κ2) is 9.21. The van der Waals surface area contributed by atoms with Gasteiger partial charge in [-0.05, 0) is 23.1 Å². The summed E-state index contributed by atoms with van der Waals surface area (Å²) in [6.45, 7) is 5.39. The fourth-order valence-electron chi connectivity index (χ4n) is 2.50. The molecule has 2 rings (SSSR count). The van der Waals surface area contributed by atoms with Gasteiger partial charge in [0, 0.05) is 5.60 Å². The minimum absolute atomic E-state index is 0.0104. The zero-order valence-electron chi connectivity index (χ0n) is 16.6. The predicted molar refractivity (Wildman–Crippen MR) is 107 cm³/mol. The Labute approximate surface area is 167 Å². The summed E-state index contributed by atoms with van der Waals surface area (Å²) >= 11 is 0. The molecule has 0 aliphatic carbocycles. The van der Waals surface area contributed by atoms with Crippen molar-refractivity contribution in [3.05, 3.63) is 71.3 Å². The largest absolute Gasteiger partial charge is 0.595 e. The highest BCUT2D eigenvalue weighted by molar-refractivity contribution is 7.85. The standard InChI is InChI=1S/C21H27NO5S/c1-21(2,3)27-20(23)22-19(18-8-6-5-7-9-18)14-16-10-12-17(13-11-16)15-26-28(4,24)25/h5-13,19H,14-15H2,1-4H3,(H,22,23)/p-1. The first-order chi connectivity index (χ1) is 13.0. The average Bonchev–Trinajstić information content (AvgIpc) is 2.59. The fraction of sp³-hybridized carbons (Fsp3) is 0.381. The zero-order chi connectivity index (χ0) is 20.8. The van der Waals surface area contributed by atoms with Crippen molar-refractivity contribution in [1.82, 2.24) is 0 Å². The lowest BCUT2D eigenvalue weighted by atomic mass is 9.99. The normalized spacial score (nSPS) is 13.9. The topological polar surface area (TPSA) is 88.0 Å². The first-order valence-corrected chi connectivity index (χ1v) is 10.7. The van der Waals surface area contributed by atoms with Gasteiger partial charge in [-0.2, -0.15) is 8.42 Å². The molecule has 28 heavy (non-hydrogen) atoms. The van der Waals surface area contributed by atoms with Crippen molar-refractivity contribution < 1.29 is 22.4 Å². The Kier molecular flexibility index (Phi) is 7.21. The van der Waals surface area contributed by atoms with Gasteiger partial charge in [0.1, 0.15) is 6.08 Å². The predicted octanol–water partition coefficient (Wildman–Crippen LogP) is 2.98. The highest BCUT2D eigenvalue weighted by Gasteiger charge is 2.13. The monoisotopic (exact) mass is 404 g/mol. The Bertz CT molecular complexity index is 885. The van der Waals surface area contributed by atoms with E-state index in [0.29, 0.717) is 6.42 Å². The molecule has 0 aliphatic rings. The summed E-state index contributed by atoms with van der Waals surface area (Å²) in [6.07, 6.45) is 0.931. The van der Waals surface area contributed by atoms with E-state index in [1.165, 1.54) is 0 Å². The molecule has 2 aromatic rings. The summed E-state index contributed by atoms with van der Waals surface area (Å²) in [7, 11) is -3.48. The first-order valence-electron chi connectivity index (χ1n) is 8.93. The van der Waals surface area contributed by atoms with Crippen LogP contribution in [0.4, 0.5) is 0 Å². The van der Waals surface area contributed by atoms with Crippen molar-refractivity contribution in [2.45, 2.75) is 45.4 Å². The molecule has 0 radical (unpaired) electrons. The number of nitrogens with zero attached hydrogens (tertiary/aromatic N) is 1. The van der Waals surface area contributed by atoms with Crippen molar-refractivity contribution in [3.8, 4) is 0 Å². The number of benzene rings is 2. The van der Waals surface area contributed by atoms with E-state index in [1.807, 2.05) is 42.5 Å². The molecule has 7 heteroatoms. The summed E-state index contributed by atoms with van der Waals surface area (Å²) in [4.78, 5) is 4.25. The molecule has 0 heterocycles. The summed E-state index contributed by atoms with van der Waals surface area (Å²) in [5, 5.41) is 12.2. The third-order valence-electron chi connectivity index (χ3n) is 3.73. The minimum atomic E-state index is -3.48. The maximum Gasteiger partial charge on any atom is 0.264 e. The van der Waals surface area contributed by atoms with Crippen LogP contribution in [0.15, 0.2) is 59.6 Å². The van der Waals surface area contributed by atoms with Crippen LogP contribution in [0, 0.1) is 0 Å². The van der Waals surface area contributed by atoms with Crippen molar-refractivity contribution in [3.63, 3.8) is 0 Å². The van der Waals surface area contributed by atoms with Gasteiger partial charge in [0.15, 0.2) is 0 Å². The van der Waals surface area contributed by atoms with Gasteiger partial charge < -0.3 is 9.84 Å². The van der Waals surface area contributed by atoms with E-state index in [9.17, 15) is 13.5 Å². The van der Waals surface area contributed by atoms with Crippen LogP contribution in [0.25, 0.3) is 0 Å². The number of rotatable bonds is 7. The van der Waals surface area contributed by atoms with Crippen molar-refractivity contribution >= 4 is 16.2 Å². The molecule has 0 spiro atoms. The van der Waals surface area contributed by atoms with Gasteiger partial charge >= 0.3 is 0 Å². The molecule has 0 fully saturated rings. The lowest BCUT2D eigenvalue weighted by Gasteiger charge is -2.30. The third-order valence-corrected chi connectivity index (χ3v) is 4.28. The fourth-order valence-corrected chi connectivity index (χ4v) is 2.85. The summed E-state index contributed by atoms with van der Waals surface area (Å²) in [5.41, 5.74) is 2.01. The van der Waals surface area contributed by atoms with Crippen LogP contribution in [0.3, 0.4) is 0 Å². The molecule has 0 amide bonds. The van der Waals surface area contributed by atoms with Crippen molar-refractivity contribution in [2.24, 2.45) is 4.99 Å². The van der Waals surface area contributed by atoms with Crippen molar-refractivity contribution in [2.75, 3.05) is 6.26 Å². The van der Waals surface area contributed by atoms with Crippen LogP contribution in [-0.2, 0) is 32.1 Å². The minimum Gasteiger partial charge on any atom is -0.595 e. The number of hydrogen-bond acceptors (Lipinski definition) is 6. The molecule has 0 aliphatic heterocycles. The van der Waals surface area contributed by atoms with E-state index >= 15 is 0 Å². The maximum absolute atomic E-state index is 12.2. The molecule has 0 saturated carbocycles. The smallest absolute Gasteiger partial charge is 0.264 e. The number of hydrogen-bond donors (Lipinski definition) is 0. The quantitative estimate of drug-likeness (QED) is 0.402. The van der Waals surface area contributed by atoms with Gasteiger partial charge in [-0.3, -0.25) is 9.18 Å². The van der Waals surface area contributed by atoms with Gasteiger partial charge in [0.05, 0.1) is 18.9 Å². The highest BCUT2D eigenvalue weighted by Crippen LogP contribution is 2.23. The summed E-state index contributed by atoms with van der Waals surface area (Å²) < 4.78 is 32.3. The Morgan fingerprint density at radius 3 is 2.14 bits per heavy atom. The molecule has 0 saturated heterocycles. The van der Waals surface area contributed by atoms with Gasteiger partial charge in [-0.25, -0.2) is 0 Å². The number of ether oxygens (including phenoxy) is 1. The maximum atomic E-state index is 12.2. The van der Waals surface area contributed by atoms with Gasteiger partial charge in [-0.1, -0.05) is 75.4 Å². The molecule has 0 bridgehead atoms. The molecule has 2 aromatic carbocycles. The van der Waals surface area contributed by atoms with Gasteiger partial charge in [-0.15, -0.1) is 0 Å². The Morgan fingerprint density at radius 1 is 1.04 bits per heavy atom. The van der Waals surface area contributed by atoms with E-state index in [4.69, 9.17) is 8.92 Å². The molecular weight excluding hydrogens is 378 g/mol. The Morgan fingerprint density at radius 2 is 1.61 bits per heavy atom. The van der Waals surface area contributed by atoms with Crippen LogP contribution in [-0.4, -0.2) is 26.4 Å². The Hall–Kier alpha value is -2.38. The summed E-state index contributed by atoms with van der Waals surface area (Å²) in [6, 6.07) is 16.5. The van der Waals surface area contributed by atoms with Crippen LogP contribution >= 0.6 is 0 Å². The second-order valence-electron chi connectivity index (χ2n) is 7.52. The lowest BCUT2D eigenvalue weighted by Crippen LogP contribution is -2.32. The van der Waals surface area contributed by atoms with E-state index in [1.54, 1.807) is 32.9 Å². The molecule has 1 atom stereocenters. The van der Waals surface area contributed by atoms with E-state index in [-0.39, 0.29) is 12.6 Å². The average molecular weight is 405 g/mol. The molecule has 1 unspecified atom stereocenters.